The average molecular weight is 292 g/mol. The van der Waals surface area contributed by atoms with Crippen LogP contribution in [0.15, 0.2) is 36.8 Å². The molecular formula is C17H16N4O. The van der Waals surface area contributed by atoms with E-state index in [0.717, 1.165) is 47.8 Å². The van der Waals surface area contributed by atoms with E-state index in [2.05, 4.69) is 16.0 Å². The molecule has 4 rings (SSSR count). The normalized spacial score (nSPS) is 20.0. The largest absolute Gasteiger partial charge is 0.375 e. The summed E-state index contributed by atoms with van der Waals surface area (Å²) in [7, 11) is 0. The van der Waals surface area contributed by atoms with Crippen molar-refractivity contribution in [1.29, 1.82) is 5.26 Å². The quantitative estimate of drug-likeness (QED) is 0.727. The van der Waals surface area contributed by atoms with Gasteiger partial charge in [-0.3, -0.25) is 4.98 Å². The molecule has 2 unspecified atom stereocenters. The van der Waals surface area contributed by atoms with E-state index in [1.807, 2.05) is 28.8 Å². The molecule has 1 aliphatic rings. The van der Waals surface area contributed by atoms with Gasteiger partial charge in [0.05, 0.1) is 35.7 Å². The minimum Gasteiger partial charge on any atom is -0.375 e. The number of rotatable bonds is 2. The molecule has 22 heavy (non-hydrogen) atoms. The Hall–Kier alpha value is -2.45. The number of ether oxygens (including phenoxy) is 1. The highest BCUT2D eigenvalue weighted by Crippen LogP contribution is 2.30. The number of hydrogen-bond acceptors (Lipinski definition) is 4. The second kappa shape index (κ2) is 5.39. The summed E-state index contributed by atoms with van der Waals surface area (Å²) >= 11 is 0. The smallest absolute Gasteiger partial charge is 0.148 e. The molecule has 0 bridgehead atoms. The summed E-state index contributed by atoms with van der Waals surface area (Å²) in [5.74, 6) is 0. The van der Waals surface area contributed by atoms with Gasteiger partial charge in [0.15, 0.2) is 0 Å². The lowest BCUT2D eigenvalue weighted by Gasteiger charge is -2.27. The molecule has 2 atom stereocenters. The van der Waals surface area contributed by atoms with Gasteiger partial charge in [-0.2, -0.15) is 5.26 Å². The first kappa shape index (κ1) is 13.2. The molecule has 110 valence electrons. The molecule has 0 N–H and O–H groups in total. The first-order chi connectivity index (χ1) is 10.9. The number of fused-ring (bicyclic) bond motifs is 3. The van der Waals surface area contributed by atoms with Gasteiger partial charge in [-0.05, 0) is 25.3 Å². The number of nitriles is 1. The first-order valence-electron chi connectivity index (χ1n) is 7.60. The summed E-state index contributed by atoms with van der Waals surface area (Å²) in [5.41, 5.74) is 2.69. The molecule has 3 heterocycles. The van der Waals surface area contributed by atoms with Crippen molar-refractivity contribution < 1.29 is 4.74 Å². The van der Waals surface area contributed by atoms with Crippen molar-refractivity contribution in [1.82, 2.24) is 14.5 Å². The third-order valence-electron chi connectivity index (χ3n) is 4.31. The summed E-state index contributed by atoms with van der Waals surface area (Å²) in [6.07, 6.45) is 6.54. The van der Waals surface area contributed by atoms with E-state index in [1.165, 1.54) is 0 Å². The molecule has 0 amide bonds. The zero-order valence-corrected chi connectivity index (χ0v) is 12.1. The van der Waals surface area contributed by atoms with Crippen molar-refractivity contribution in [3.8, 4) is 6.07 Å². The lowest BCUT2D eigenvalue weighted by Crippen LogP contribution is -2.29. The second-order valence-corrected chi connectivity index (χ2v) is 5.64. The number of benzene rings is 1. The highest BCUT2D eigenvalue weighted by atomic mass is 16.5. The maximum absolute atomic E-state index is 9.69. The number of imidazole rings is 1. The van der Waals surface area contributed by atoms with Gasteiger partial charge >= 0.3 is 0 Å². The minimum atomic E-state index is -0.351. The van der Waals surface area contributed by atoms with Gasteiger partial charge in [0.25, 0.3) is 0 Å². The summed E-state index contributed by atoms with van der Waals surface area (Å²) in [6, 6.07) is 10.0. The molecule has 1 saturated heterocycles. The van der Waals surface area contributed by atoms with Crippen LogP contribution in [-0.2, 0) is 4.74 Å². The number of aromatic nitrogens is 3. The number of pyridine rings is 1. The summed E-state index contributed by atoms with van der Waals surface area (Å²) in [6.45, 7) is 0.734. The first-order valence-corrected chi connectivity index (χ1v) is 7.60. The van der Waals surface area contributed by atoms with Crippen molar-refractivity contribution in [3.63, 3.8) is 0 Å². The van der Waals surface area contributed by atoms with Gasteiger partial charge in [0, 0.05) is 12.0 Å². The van der Waals surface area contributed by atoms with Crippen LogP contribution in [0.1, 0.15) is 25.3 Å². The Kier molecular flexibility index (Phi) is 3.24. The summed E-state index contributed by atoms with van der Waals surface area (Å²) < 4.78 is 7.78. The van der Waals surface area contributed by atoms with E-state index >= 15 is 0 Å². The predicted octanol–water partition coefficient (Wildman–Crippen LogP) is 3.22. The fourth-order valence-corrected chi connectivity index (χ4v) is 3.21. The standard InChI is InChI=1S/C17H16N4O/c18-9-15(16-7-3-4-8-22-16)21-11-20-14-10-19-13-6-2-1-5-12(13)17(14)21/h1-2,5-6,10-11,15-16H,3-4,7-8H2. The molecule has 3 aromatic rings. The van der Waals surface area contributed by atoms with Crippen molar-refractivity contribution in [3.05, 3.63) is 36.8 Å². The third-order valence-corrected chi connectivity index (χ3v) is 4.31. The van der Waals surface area contributed by atoms with Gasteiger partial charge in [-0.25, -0.2) is 4.98 Å². The van der Waals surface area contributed by atoms with Gasteiger partial charge in [-0.15, -0.1) is 0 Å². The number of nitrogens with zero attached hydrogens (tertiary/aromatic N) is 4. The van der Waals surface area contributed by atoms with E-state index in [0.29, 0.717) is 0 Å². The molecule has 1 fully saturated rings. The van der Waals surface area contributed by atoms with Crippen LogP contribution >= 0.6 is 0 Å². The molecule has 0 radical (unpaired) electrons. The number of hydrogen-bond donors (Lipinski definition) is 0. The molecule has 0 aliphatic carbocycles. The van der Waals surface area contributed by atoms with Crippen LogP contribution in [0.25, 0.3) is 21.9 Å². The van der Waals surface area contributed by atoms with E-state index in [1.54, 1.807) is 12.5 Å². The molecule has 0 spiro atoms. The average Bonchev–Trinajstić information content (AvgIpc) is 3.01. The lowest BCUT2D eigenvalue weighted by atomic mass is 10.0. The molecule has 0 saturated carbocycles. The summed E-state index contributed by atoms with van der Waals surface area (Å²) in [5, 5.41) is 10.7. The predicted molar refractivity (Wildman–Crippen MR) is 83.3 cm³/mol. The third kappa shape index (κ3) is 2.04. The van der Waals surface area contributed by atoms with Crippen molar-refractivity contribution >= 4 is 21.9 Å². The van der Waals surface area contributed by atoms with Crippen LogP contribution in [0.2, 0.25) is 0 Å². The molecule has 1 aliphatic heterocycles. The Morgan fingerprint density at radius 3 is 2.95 bits per heavy atom. The van der Waals surface area contributed by atoms with Crippen LogP contribution < -0.4 is 0 Å². The Morgan fingerprint density at radius 2 is 2.14 bits per heavy atom. The van der Waals surface area contributed by atoms with Gasteiger partial charge < -0.3 is 9.30 Å². The topological polar surface area (TPSA) is 63.7 Å². The summed E-state index contributed by atoms with van der Waals surface area (Å²) in [4.78, 5) is 8.86. The molecule has 1 aromatic carbocycles. The van der Waals surface area contributed by atoms with Crippen molar-refractivity contribution in [2.24, 2.45) is 0 Å². The molecular weight excluding hydrogens is 276 g/mol. The van der Waals surface area contributed by atoms with E-state index in [-0.39, 0.29) is 12.1 Å². The van der Waals surface area contributed by atoms with Crippen LogP contribution in [0.3, 0.4) is 0 Å². The maximum atomic E-state index is 9.69. The Bertz CT molecular complexity index is 858. The monoisotopic (exact) mass is 292 g/mol. The van der Waals surface area contributed by atoms with Crippen LogP contribution in [0, 0.1) is 11.3 Å². The minimum absolute atomic E-state index is 0.0666. The van der Waals surface area contributed by atoms with E-state index < -0.39 is 0 Å². The SMILES string of the molecule is N#CC(C1CCCCO1)n1cnc2cnc3ccccc3c21. The zero-order chi connectivity index (χ0) is 14.9. The Balaban J connectivity index is 1.90. The lowest BCUT2D eigenvalue weighted by molar-refractivity contribution is -0.00306. The van der Waals surface area contributed by atoms with Gasteiger partial charge in [-0.1, -0.05) is 18.2 Å². The van der Waals surface area contributed by atoms with Gasteiger partial charge in [0.2, 0.25) is 0 Å². The second-order valence-electron chi connectivity index (χ2n) is 5.64. The molecule has 5 heteroatoms. The maximum Gasteiger partial charge on any atom is 0.148 e. The highest BCUT2D eigenvalue weighted by molar-refractivity contribution is 6.02. The fraction of sp³-hybridized carbons (Fsp3) is 0.353. The molecule has 2 aromatic heterocycles. The Morgan fingerprint density at radius 1 is 1.23 bits per heavy atom. The van der Waals surface area contributed by atoms with Crippen LogP contribution in [-0.4, -0.2) is 27.2 Å². The zero-order valence-electron chi connectivity index (χ0n) is 12.1. The van der Waals surface area contributed by atoms with Crippen LogP contribution in [0.4, 0.5) is 0 Å². The number of para-hydroxylation sites is 1. The Labute approximate surface area is 128 Å². The fourth-order valence-electron chi connectivity index (χ4n) is 3.21. The van der Waals surface area contributed by atoms with Crippen LogP contribution in [0.5, 0.6) is 0 Å². The van der Waals surface area contributed by atoms with E-state index in [4.69, 9.17) is 4.74 Å². The molecule has 5 nitrogen and oxygen atoms in total. The van der Waals surface area contributed by atoms with E-state index in [9.17, 15) is 5.26 Å². The van der Waals surface area contributed by atoms with Crippen molar-refractivity contribution in [2.75, 3.05) is 6.61 Å². The van der Waals surface area contributed by atoms with Crippen molar-refractivity contribution in [2.45, 2.75) is 31.4 Å². The van der Waals surface area contributed by atoms with Gasteiger partial charge in [0.1, 0.15) is 11.6 Å². The highest BCUT2D eigenvalue weighted by Gasteiger charge is 2.27.